The highest BCUT2D eigenvalue weighted by atomic mass is 16.5. The van der Waals surface area contributed by atoms with Gasteiger partial charge in [-0.15, -0.1) is 0 Å². The minimum absolute atomic E-state index is 0.604. The van der Waals surface area contributed by atoms with Crippen LogP contribution in [0.25, 0.3) is 0 Å². The van der Waals surface area contributed by atoms with Crippen LogP contribution >= 0.6 is 0 Å². The van der Waals surface area contributed by atoms with Crippen molar-refractivity contribution in [2.45, 2.75) is 13.3 Å². The van der Waals surface area contributed by atoms with E-state index >= 15 is 0 Å². The Morgan fingerprint density at radius 1 is 1.33 bits per heavy atom. The summed E-state index contributed by atoms with van der Waals surface area (Å²) in [6.45, 7) is 4.22. The summed E-state index contributed by atoms with van der Waals surface area (Å²) in [5.41, 5.74) is 6.80. The summed E-state index contributed by atoms with van der Waals surface area (Å²) in [6.07, 6.45) is 0.918. The topological polar surface area (TPSA) is 47.6 Å². The average molecular weight is 206 g/mol. The first-order chi connectivity index (χ1) is 7.34. The molecule has 0 aliphatic rings. The highest BCUT2D eigenvalue weighted by molar-refractivity contribution is 5.97. The molecule has 0 atom stereocenters. The number of aliphatic imine (C=N–C) groups is 1. The molecule has 0 radical (unpaired) electrons. The molecule has 0 amide bonds. The molecule has 0 saturated heterocycles. The maximum atomic E-state index is 5.82. The SMILES string of the molecule is CCOCCCN=C(N)c1ccccc1. The van der Waals surface area contributed by atoms with E-state index < -0.39 is 0 Å². The van der Waals surface area contributed by atoms with E-state index in [2.05, 4.69) is 4.99 Å². The van der Waals surface area contributed by atoms with E-state index in [0.717, 1.165) is 31.7 Å². The molecule has 1 aromatic carbocycles. The zero-order chi connectivity index (χ0) is 10.9. The van der Waals surface area contributed by atoms with Gasteiger partial charge < -0.3 is 10.5 Å². The molecule has 1 rings (SSSR count). The Balaban J connectivity index is 2.33. The maximum Gasteiger partial charge on any atom is 0.125 e. The molecule has 3 heteroatoms. The fourth-order valence-corrected chi connectivity index (χ4v) is 1.21. The van der Waals surface area contributed by atoms with Crippen LogP contribution in [0.3, 0.4) is 0 Å². The monoisotopic (exact) mass is 206 g/mol. The molecule has 82 valence electrons. The molecular formula is C12H18N2O. The van der Waals surface area contributed by atoms with Crippen LogP contribution in [0.1, 0.15) is 18.9 Å². The molecule has 0 aliphatic carbocycles. The number of benzene rings is 1. The second-order valence-corrected chi connectivity index (χ2v) is 3.18. The van der Waals surface area contributed by atoms with E-state index in [1.54, 1.807) is 0 Å². The average Bonchev–Trinajstić information content (AvgIpc) is 2.30. The van der Waals surface area contributed by atoms with Crippen molar-refractivity contribution in [1.82, 2.24) is 0 Å². The van der Waals surface area contributed by atoms with Crippen LogP contribution < -0.4 is 5.73 Å². The normalized spacial score (nSPS) is 11.7. The number of rotatable bonds is 6. The van der Waals surface area contributed by atoms with Crippen molar-refractivity contribution in [3.63, 3.8) is 0 Å². The predicted octanol–water partition coefficient (Wildman–Crippen LogP) is 1.82. The number of hydrogen-bond donors (Lipinski definition) is 1. The third-order valence-electron chi connectivity index (χ3n) is 2.00. The Labute approximate surface area is 91.0 Å². The molecule has 0 fully saturated rings. The van der Waals surface area contributed by atoms with Crippen LogP contribution in [-0.4, -0.2) is 25.6 Å². The van der Waals surface area contributed by atoms with Crippen molar-refractivity contribution in [1.29, 1.82) is 0 Å². The summed E-state index contributed by atoms with van der Waals surface area (Å²) in [5.74, 6) is 0.604. The van der Waals surface area contributed by atoms with Gasteiger partial charge in [0.15, 0.2) is 0 Å². The highest BCUT2D eigenvalue weighted by Crippen LogP contribution is 1.97. The lowest BCUT2D eigenvalue weighted by Crippen LogP contribution is -2.14. The maximum absolute atomic E-state index is 5.82. The summed E-state index contributed by atoms with van der Waals surface area (Å²) in [5, 5.41) is 0. The van der Waals surface area contributed by atoms with Gasteiger partial charge in [-0.05, 0) is 13.3 Å². The fourth-order valence-electron chi connectivity index (χ4n) is 1.21. The second kappa shape index (κ2) is 7.01. The van der Waals surface area contributed by atoms with Gasteiger partial charge in [0.1, 0.15) is 5.84 Å². The first-order valence-corrected chi connectivity index (χ1v) is 5.27. The number of hydrogen-bond acceptors (Lipinski definition) is 2. The van der Waals surface area contributed by atoms with Gasteiger partial charge in [-0.1, -0.05) is 30.3 Å². The van der Waals surface area contributed by atoms with Gasteiger partial charge >= 0.3 is 0 Å². The van der Waals surface area contributed by atoms with Gasteiger partial charge in [0.25, 0.3) is 0 Å². The molecule has 0 aromatic heterocycles. The molecule has 0 unspecified atom stereocenters. The molecular weight excluding hydrogens is 188 g/mol. The largest absolute Gasteiger partial charge is 0.384 e. The van der Waals surface area contributed by atoms with Crippen molar-refractivity contribution < 1.29 is 4.74 Å². The van der Waals surface area contributed by atoms with E-state index in [-0.39, 0.29) is 0 Å². The molecule has 0 saturated carbocycles. The Bertz CT molecular complexity index is 296. The Kier molecular flexibility index (Phi) is 5.48. The lowest BCUT2D eigenvalue weighted by atomic mass is 10.2. The minimum atomic E-state index is 0.604. The number of amidine groups is 1. The highest BCUT2D eigenvalue weighted by Gasteiger charge is 1.95. The third kappa shape index (κ3) is 4.61. The van der Waals surface area contributed by atoms with Crippen LogP contribution in [0, 0.1) is 0 Å². The van der Waals surface area contributed by atoms with Gasteiger partial charge in [-0.2, -0.15) is 0 Å². The quantitative estimate of drug-likeness (QED) is 0.438. The van der Waals surface area contributed by atoms with Crippen molar-refractivity contribution in [2.24, 2.45) is 10.7 Å². The van der Waals surface area contributed by atoms with Gasteiger partial charge in [-0.3, -0.25) is 4.99 Å². The van der Waals surface area contributed by atoms with Gasteiger partial charge in [0.05, 0.1) is 0 Å². The smallest absolute Gasteiger partial charge is 0.125 e. The molecule has 3 nitrogen and oxygen atoms in total. The first-order valence-electron chi connectivity index (χ1n) is 5.27. The van der Waals surface area contributed by atoms with Crippen LogP contribution in [0.4, 0.5) is 0 Å². The molecule has 0 bridgehead atoms. The van der Waals surface area contributed by atoms with Crippen LogP contribution in [0.2, 0.25) is 0 Å². The van der Waals surface area contributed by atoms with E-state index in [1.165, 1.54) is 0 Å². The third-order valence-corrected chi connectivity index (χ3v) is 2.00. The Hall–Kier alpha value is -1.35. The molecule has 0 aliphatic heterocycles. The fraction of sp³-hybridized carbons (Fsp3) is 0.417. The minimum Gasteiger partial charge on any atom is -0.384 e. The molecule has 0 spiro atoms. The van der Waals surface area contributed by atoms with Crippen LogP contribution in [0.5, 0.6) is 0 Å². The standard InChI is InChI=1S/C12H18N2O/c1-2-15-10-6-9-14-12(13)11-7-4-3-5-8-11/h3-5,7-8H,2,6,9-10H2,1H3,(H2,13,14). The number of ether oxygens (including phenoxy) is 1. The zero-order valence-electron chi connectivity index (χ0n) is 9.15. The van der Waals surface area contributed by atoms with Crippen LogP contribution in [0.15, 0.2) is 35.3 Å². The van der Waals surface area contributed by atoms with E-state index in [1.807, 2.05) is 37.3 Å². The van der Waals surface area contributed by atoms with E-state index in [9.17, 15) is 0 Å². The van der Waals surface area contributed by atoms with Crippen molar-refractivity contribution >= 4 is 5.84 Å². The number of nitrogens with two attached hydrogens (primary N) is 1. The van der Waals surface area contributed by atoms with E-state index in [4.69, 9.17) is 10.5 Å². The van der Waals surface area contributed by atoms with E-state index in [0.29, 0.717) is 5.84 Å². The Morgan fingerprint density at radius 2 is 2.07 bits per heavy atom. The zero-order valence-corrected chi connectivity index (χ0v) is 9.15. The van der Waals surface area contributed by atoms with Gasteiger partial charge in [0, 0.05) is 25.3 Å². The summed E-state index contributed by atoms with van der Waals surface area (Å²) in [7, 11) is 0. The van der Waals surface area contributed by atoms with Crippen molar-refractivity contribution in [3.8, 4) is 0 Å². The Morgan fingerprint density at radius 3 is 2.73 bits per heavy atom. The van der Waals surface area contributed by atoms with Crippen LogP contribution in [-0.2, 0) is 4.74 Å². The lowest BCUT2D eigenvalue weighted by molar-refractivity contribution is 0.146. The van der Waals surface area contributed by atoms with Gasteiger partial charge in [0.2, 0.25) is 0 Å². The molecule has 15 heavy (non-hydrogen) atoms. The molecule has 1 aromatic rings. The summed E-state index contributed by atoms with van der Waals surface area (Å²) in [4.78, 5) is 4.28. The summed E-state index contributed by atoms with van der Waals surface area (Å²) >= 11 is 0. The predicted molar refractivity (Wildman–Crippen MR) is 63.1 cm³/mol. The van der Waals surface area contributed by atoms with Crippen molar-refractivity contribution in [3.05, 3.63) is 35.9 Å². The number of nitrogens with zero attached hydrogens (tertiary/aromatic N) is 1. The lowest BCUT2D eigenvalue weighted by Gasteiger charge is -2.01. The second-order valence-electron chi connectivity index (χ2n) is 3.18. The molecule has 2 N–H and O–H groups in total. The van der Waals surface area contributed by atoms with Crippen molar-refractivity contribution in [2.75, 3.05) is 19.8 Å². The summed E-state index contributed by atoms with van der Waals surface area (Å²) < 4.78 is 5.21. The molecule has 0 heterocycles. The first kappa shape index (κ1) is 11.7. The van der Waals surface area contributed by atoms with Gasteiger partial charge in [-0.25, -0.2) is 0 Å². The summed E-state index contributed by atoms with van der Waals surface area (Å²) in [6, 6.07) is 9.80.